The second-order valence-electron chi connectivity index (χ2n) is 6.47. The Balaban J connectivity index is 0.000000221. The number of phenolic OH excluding ortho intramolecular Hbond substituents is 1. The quantitative estimate of drug-likeness (QED) is 0.505. The molecule has 148 valence electrons. The Kier molecular flexibility index (Phi) is 7.69. The molecular weight excluding hydrogens is 392 g/mol. The van der Waals surface area contributed by atoms with Gasteiger partial charge in [-0.25, -0.2) is 8.42 Å². The van der Waals surface area contributed by atoms with Crippen molar-refractivity contribution in [2.24, 2.45) is 0 Å². The van der Waals surface area contributed by atoms with Crippen LogP contribution in [0.4, 0.5) is 0 Å². The highest BCUT2D eigenvalue weighted by Crippen LogP contribution is 2.20. The third-order valence-corrected chi connectivity index (χ3v) is 6.85. The van der Waals surface area contributed by atoms with Gasteiger partial charge in [-0.3, -0.25) is 0 Å². The van der Waals surface area contributed by atoms with Crippen LogP contribution < -0.4 is 0 Å². The van der Waals surface area contributed by atoms with Crippen LogP contribution in [0.15, 0.2) is 82.6 Å². The van der Waals surface area contributed by atoms with Crippen molar-refractivity contribution < 1.29 is 18.1 Å². The van der Waals surface area contributed by atoms with Crippen LogP contribution in [0, 0.1) is 13.8 Å². The minimum Gasteiger partial charge on any atom is -0.744 e. The molecule has 0 heterocycles. The average Bonchev–Trinajstić information content (AvgIpc) is 2.64. The lowest BCUT2D eigenvalue weighted by Gasteiger charge is -2.06. The van der Waals surface area contributed by atoms with Crippen molar-refractivity contribution in [1.29, 1.82) is 0 Å². The van der Waals surface area contributed by atoms with Gasteiger partial charge in [-0.15, -0.1) is 0 Å². The van der Waals surface area contributed by atoms with Crippen LogP contribution in [0.1, 0.15) is 16.7 Å². The number of phenols is 1. The Labute approximate surface area is 170 Å². The highest BCUT2D eigenvalue weighted by molar-refractivity contribution is 7.95. The molecule has 4 nitrogen and oxygen atoms in total. The van der Waals surface area contributed by atoms with Gasteiger partial charge in [0.15, 0.2) is 4.90 Å². The van der Waals surface area contributed by atoms with Crippen molar-refractivity contribution in [2.75, 3.05) is 6.26 Å². The first-order valence-corrected chi connectivity index (χ1v) is 11.9. The maximum Gasteiger partial charge on any atom is 0.155 e. The van der Waals surface area contributed by atoms with Crippen LogP contribution in [-0.4, -0.2) is 24.3 Å². The zero-order valence-electron chi connectivity index (χ0n) is 16.1. The SMILES string of the molecule is Cc1ccc(S(=O)(=O)[O-])cc1.Cc1ccccc1C[S+](C)c1ccc(O)cc1. The molecule has 0 saturated heterocycles. The molecule has 3 aromatic rings. The third kappa shape index (κ3) is 6.71. The molecule has 0 aromatic heterocycles. The monoisotopic (exact) mass is 416 g/mol. The summed E-state index contributed by atoms with van der Waals surface area (Å²) >= 11 is 0. The average molecular weight is 417 g/mol. The largest absolute Gasteiger partial charge is 0.744 e. The van der Waals surface area contributed by atoms with E-state index < -0.39 is 10.1 Å². The molecule has 0 bridgehead atoms. The van der Waals surface area contributed by atoms with Crippen LogP contribution >= 0.6 is 0 Å². The summed E-state index contributed by atoms with van der Waals surface area (Å²) in [5, 5.41) is 9.28. The lowest BCUT2D eigenvalue weighted by atomic mass is 10.1. The van der Waals surface area contributed by atoms with Gasteiger partial charge in [0.05, 0.1) is 4.90 Å². The Morgan fingerprint density at radius 3 is 2.00 bits per heavy atom. The van der Waals surface area contributed by atoms with Gasteiger partial charge in [0, 0.05) is 16.5 Å². The molecular formula is C22H24O4S2. The second-order valence-corrected chi connectivity index (χ2v) is 9.88. The Morgan fingerprint density at radius 1 is 0.893 bits per heavy atom. The minimum absolute atomic E-state index is 0.178. The highest BCUT2D eigenvalue weighted by Gasteiger charge is 2.16. The van der Waals surface area contributed by atoms with Gasteiger partial charge >= 0.3 is 0 Å². The van der Waals surface area contributed by atoms with Crippen molar-refractivity contribution in [2.45, 2.75) is 29.4 Å². The van der Waals surface area contributed by atoms with Gasteiger partial charge in [-0.1, -0.05) is 42.0 Å². The highest BCUT2D eigenvalue weighted by atomic mass is 32.2. The number of hydrogen-bond donors (Lipinski definition) is 1. The molecule has 3 rings (SSSR count). The number of aryl methyl sites for hydroxylation is 2. The zero-order chi connectivity index (χ0) is 20.7. The van der Waals surface area contributed by atoms with Crippen LogP contribution in [0.2, 0.25) is 0 Å². The summed E-state index contributed by atoms with van der Waals surface area (Å²) in [4.78, 5) is 1.12. The predicted octanol–water partition coefficient (Wildman–Crippen LogP) is 4.41. The van der Waals surface area contributed by atoms with Crippen molar-refractivity contribution in [3.63, 3.8) is 0 Å². The molecule has 0 spiro atoms. The summed E-state index contributed by atoms with van der Waals surface area (Å²) < 4.78 is 31.2. The van der Waals surface area contributed by atoms with Crippen molar-refractivity contribution in [3.8, 4) is 5.75 Å². The molecule has 1 atom stereocenters. The van der Waals surface area contributed by atoms with E-state index in [0.717, 1.165) is 11.3 Å². The molecule has 0 aliphatic rings. The van der Waals surface area contributed by atoms with E-state index in [2.05, 4.69) is 37.4 Å². The molecule has 1 unspecified atom stereocenters. The molecule has 0 radical (unpaired) electrons. The van der Waals surface area contributed by atoms with Crippen LogP contribution in [0.5, 0.6) is 5.75 Å². The lowest BCUT2D eigenvalue weighted by molar-refractivity contribution is 0.463. The Hall–Kier alpha value is -2.28. The molecule has 0 aliphatic carbocycles. The van der Waals surface area contributed by atoms with Crippen LogP contribution in [0.25, 0.3) is 0 Å². The third-order valence-electron chi connectivity index (χ3n) is 4.18. The van der Waals surface area contributed by atoms with E-state index in [0.29, 0.717) is 5.75 Å². The molecule has 0 fully saturated rings. The first-order chi connectivity index (χ1) is 13.2. The number of hydrogen-bond acceptors (Lipinski definition) is 4. The van der Waals surface area contributed by atoms with Gasteiger partial charge in [0.2, 0.25) is 0 Å². The van der Waals surface area contributed by atoms with Gasteiger partial charge in [0.1, 0.15) is 27.9 Å². The fourth-order valence-electron chi connectivity index (χ4n) is 2.47. The van der Waals surface area contributed by atoms with Crippen molar-refractivity contribution in [1.82, 2.24) is 0 Å². The van der Waals surface area contributed by atoms with E-state index in [1.807, 2.05) is 19.1 Å². The Morgan fingerprint density at radius 2 is 1.46 bits per heavy atom. The molecule has 0 saturated carbocycles. The fraction of sp³-hybridized carbons (Fsp3) is 0.182. The fourth-order valence-corrected chi connectivity index (χ4v) is 4.50. The number of rotatable bonds is 4. The first kappa shape index (κ1) is 22.0. The van der Waals surface area contributed by atoms with E-state index in [9.17, 15) is 18.1 Å². The van der Waals surface area contributed by atoms with E-state index >= 15 is 0 Å². The molecule has 1 N–H and O–H groups in total. The predicted molar refractivity (Wildman–Crippen MR) is 114 cm³/mol. The summed E-state index contributed by atoms with van der Waals surface area (Å²) in [6.45, 7) is 3.98. The van der Waals surface area contributed by atoms with E-state index in [1.165, 1.54) is 28.2 Å². The number of benzene rings is 3. The summed E-state index contributed by atoms with van der Waals surface area (Å²) in [5.74, 6) is 1.40. The Bertz CT molecular complexity index is 995. The molecule has 6 heteroatoms. The normalized spacial score (nSPS) is 12.0. The summed E-state index contributed by atoms with van der Waals surface area (Å²) in [6, 6.07) is 21.8. The van der Waals surface area contributed by atoms with Gasteiger partial charge < -0.3 is 9.66 Å². The smallest absolute Gasteiger partial charge is 0.155 e. The summed E-state index contributed by atoms with van der Waals surface area (Å²) in [5.41, 5.74) is 3.69. The molecule has 3 aromatic carbocycles. The number of aromatic hydroxyl groups is 1. The molecule has 0 amide bonds. The summed E-state index contributed by atoms with van der Waals surface area (Å²) in [7, 11) is -4.08. The van der Waals surface area contributed by atoms with Crippen LogP contribution in [-0.2, 0) is 26.8 Å². The van der Waals surface area contributed by atoms with Gasteiger partial charge in [-0.2, -0.15) is 0 Å². The maximum absolute atomic E-state index is 10.4. The van der Waals surface area contributed by atoms with E-state index in [-0.39, 0.29) is 15.8 Å². The second kappa shape index (κ2) is 9.78. The molecule has 28 heavy (non-hydrogen) atoms. The minimum atomic E-state index is -4.27. The standard InChI is InChI=1S/C15H16OS.C7H8O3S/c1-12-5-3-4-6-13(12)11-17(2)15-9-7-14(16)8-10-15;1-6-2-4-7(5-3-6)11(8,9)10/h3-10H,11H2,1-2H3;2-5H,1H3,(H,8,9,10). The van der Waals surface area contributed by atoms with Crippen molar-refractivity contribution in [3.05, 3.63) is 89.5 Å². The first-order valence-electron chi connectivity index (χ1n) is 8.65. The zero-order valence-corrected chi connectivity index (χ0v) is 17.8. The lowest BCUT2D eigenvalue weighted by Crippen LogP contribution is -2.04. The van der Waals surface area contributed by atoms with E-state index in [4.69, 9.17) is 0 Å². The topological polar surface area (TPSA) is 77.4 Å². The van der Waals surface area contributed by atoms with Crippen LogP contribution in [0.3, 0.4) is 0 Å². The molecule has 0 aliphatic heterocycles. The van der Waals surface area contributed by atoms with Crippen molar-refractivity contribution >= 4 is 21.0 Å². The van der Waals surface area contributed by atoms with E-state index in [1.54, 1.807) is 24.3 Å². The van der Waals surface area contributed by atoms with Gasteiger partial charge in [-0.05, 0) is 55.8 Å². The summed E-state index contributed by atoms with van der Waals surface area (Å²) in [6.07, 6.45) is 2.25. The van der Waals surface area contributed by atoms with Gasteiger partial charge in [0.25, 0.3) is 0 Å². The maximum atomic E-state index is 10.4.